The van der Waals surface area contributed by atoms with Crippen LogP contribution in [0, 0.1) is 17.3 Å². The molecule has 0 heterocycles. The fourth-order valence-corrected chi connectivity index (χ4v) is 2.76. The average Bonchev–Trinajstić information content (AvgIpc) is 1.85. The van der Waals surface area contributed by atoms with Gasteiger partial charge in [0.15, 0.2) is 0 Å². The molecule has 1 rings (SSSR count). The minimum atomic E-state index is 0.617. The summed E-state index contributed by atoms with van der Waals surface area (Å²) in [5.74, 6) is 1.85. The zero-order chi connectivity index (χ0) is 8.48. The third kappa shape index (κ3) is 1.98. The van der Waals surface area contributed by atoms with Gasteiger partial charge in [-0.1, -0.05) is 40.5 Å². The summed E-state index contributed by atoms with van der Waals surface area (Å²) < 4.78 is 0. The van der Waals surface area contributed by atoms with Gasteiger partial charge >= 0.3 is 0 Å². The van der Waals surface area contributed by atoms with E-state index >= 15 is 0 Å². The van der Waals surface area contributed by atoms with Crippen molar-refractivity contribution in [2.45, 2.75) is 53.4 Å². The first-order chi connectivity index (χ1) is 5.04. The first kappa shape index (κ1) is 9.09. The fourth-order valence-electron chi connectivity index (χ4n) is 2.76. The van der Waals surface area contributed by atoms with Gasteiger partial charge in [0, 0.05) is 0 Å². The molecule has 0 amide bonds. The second-order valence-electron chi connectivity index (χ2n) is 5.08. The Morgan fingerprint density at radius 2 is 1.82 bits per heavy atom. The van der Waals surface area contributed by atoms with E-state index in [-0.39, 0.29) is 0 Å². The lowest BCUT2D eigenvalue weighted by molar-refractivity contribution is 0.0958. The second kappa shape index (κ2) is 3.16. The molecule has 1 fully saturated rings. The van der Waals surface area contributed by atoms with Gasteiger partial charge in [0.05, 0.1) is 0 Å². The van der Waals surface area contributed by atoms with Crippen molar-refractivity contribution in [2.75, 3.05) is 0 Å². The highest BCUT2D eigenvalue weighted by molar-refractivity contribution is 4.84. The normalized spacial score (nSPS) is 30.8. The van der Waals surface area contributed by atoms with Crippen LogP contribution in [0.2, 0.25) is 0 Å². The topological polar surface area (TPSA) is 0 Å². The van der Waals surface area contributed by atoms with Gasteiger partial charge in [-0.2, -0.15) is 0 Å². The third-order valence-corrected chi connectivity index (χ3v) is 3.39. The largest absolute Gasteiger partial charge is 0.0625 e. The van der Waals surface area contributed by atoms with Crippen molar-refractivity contribution < 1.29 is 0 Å². The second-order valence-corrected chi connectivity index (χ2v) is 5.08. The van der Waals surface area contributed by atoms with E-state index in [1.54, 1.807) is 0 Å². The standard InChI is InChI=1S/C11H22/c1-9(2)10-7-5-6-8-11(10,3)4/h9-10H,5-8H2,1-4H3/t10-/m1/s1. The van der Waals surface area contributed by atoms with Crippen molar-refractivity contribution in [3.05, 3.63) is 0 Å². The van der Waals surface area contributed by atoms with Crippen LogP contribution in [0.25, 0.3) is 0 Å². The Bertz CT molecular complexity index is 122. The fraction of sp³-hybridized carbons (Fsp3) is 1.00. The molecule has 66 valence electrons. The van der Waals surface area contributed by atoms with Crippen LogP contribution < -0.4 is 0 Å². The Morgan fingerprint density at radius 1 is 1.18 bits per heavy atom. The number of hydrogen-bond donors (Lipinski definition) is 0. The molecule has 0 radical (unpaired) electrons. The van der Waals surface area contributed by atoms with Crippen molar-refractivity contribution in [3.63, 3.8) is 0 Å². The Morgan fingerprint density at radius 3 is 2.18 bits per heavy atom. The Balaban J connectivity index is 2.60. The molecule has 0 aromatic carbocycles. The van der Waals surface area contributed by atoms with Gasteiger partial charge in [0.25, 0.3) is 0 Å². The third-order valence-electron chi connectivity index (χ3n) is 3.39. The Labute approximate surface area is 71.4 Å². The van der Waals surface area contributed by atoms with Gasteiger partial charge in [0.1, 0.15) is 0 Å². The molecule has 0 heteroatoms. The first-order valence-corrected chi connectivity index (χ1v) is 5.04. The van der Waals surface area contributed by atoms with Crippen LogP contribution in [0.5, 0.6) is 0 Å². The predicted molar refractivity (Wildman–Crippen MR) is 50.6 cm³/mol. The molecular weight excluding hydrogens is 132 g/mol. The van der Waals surface area contributed by atoms with Crippen molar-refractivity contribution in [2.24, 2.45) is 17.3 Å². The van der Waals surface area contributed by atoms with Crippen molar-refractivity contribution in [1.29, 1.82) is 0 Å². The van der Waals surface area contributed by atoms with Crippen LogP contribution in [-0.2, 0) is 0 Å². The summed E-state index contributed by atoms with van der Waals surface area (Å²) in [6, 6.07) is 0. The maximum Gasteiger partial charge on any atom is -0.0323 e. The molecule has 1 saturated carbocycles. The molecule has 0 unspecified atom stereocenters. The summed E-state index contributed by atoms with van der Waals surface area (Å²) in [4.78, 5) is 0. The summed E-state index contributed by atoms with van der Waals surface area (Å²) in [6.07, 6.45) is 5.82. The van der Waals surface area contributed by atoms with Crippen LogP contribution in [0.4, 0.5) is 0 Å². The molecule has 1 aliphatic rings. The molecule has 0 saturated heterocycles. The average molecular weight is 154 g/mol. The zero-order valence-electron chi connectivity index (χ0n) is 8.48. The van der Waals surface area contributed by atoms with E-state index < -0.39 is 0 Å². The minimum absolute atomic E-state index is 0.617. The van der Waals surface area contributed by atoms with Crippen molar-refractivity contribution in [3.8, 4) is 0 Å². The summed E-state index contributed by atoms with van der Waals surface area (Å²) in [5, 5.41) is 0. The molecule has 0 spiro atoms. The lowest BCUT2D eigenvalue weighted by Crippen LogP contribution is -2.31. The summed E-state index contributed by atoms with van der Waals surface area (Å²) in [7, 11) is 0. The molecule has 0 aromatic heterocycles. The van der Waals surface area contributed by atoms with Crippen molar-refractivity contribution >= 4 is 0 Å². The summed E-state index contributed by atoms with van der Waals surface area (Å²) in [5.41, 5.74) is 0.617. The zero-order valence-corrected chi connectivity index (χ0v) is 8.48. The lowest BCUT2D eigenvalue weighted by Gasteiger charge is -2.41. The predicted octanol–water partition coefficient (Wildman–Crippen LogP) is 3.86. The maximum atomic E-state index is 2.44. The molecule has 0 aliphatic heterocycles. The van der Waals surface area contributed by atoms with Crippen LogP contribution in [0.1, 0.15) is 53.4 Å². The molecule has 0 aromatic rings. The van der Waals surface area contributed by atoms with E-state index in [1.165, 1.54) is 25.7 Å². The molecular formula is C11H22. The van der Waals surface area contributed by atoms with Gasteiger partial charge in [-0.3, -0.25) is 0 Å². The van der Waals surface area contributed by atoms with E-state index in [4.69, 9.17) is 0 Å². The van der Waals surface area contributed by atoms with Gasteiger partial charge in [-0.25, -0.2) is 0 Å². The molecule has 11 heavy (non-hydrogen) atoms. The Kier molecular flexibility index (Phi) is 2.61. The number of rotatable bonds is 1. The monoisotopic (exact) mass is 154 g/mol. The van der Waals surface area contributed by atoms with E-state index in [0.29, 0.717) is 5.41 Å². The van der Waals surface area contributed by atoms with E-state index in [2.05, 4.69) is 27.7 Å². The maximum absolute atomic E-state index is 2.44. The lowest BCUT2D eigenvalue weighted by atomic mass is 9.65. The first-order valence-electron chi connectivity index (χ1n) is 5.04. The summed E-state index contributed by atoms with van der Waals surface area (Å²) in [6.45, 7) is 9.63. The molecule has 1 aliphatic carbocycles. The number of hydrogen-bond acceptors (Lipinski definition) is 0. The molecule has 1 atom stereocenters. The SMILES string of the molecule is CC(C)[C@H]1CCCCC1(C)C. The van der Waals surface area contributed by atoms with Crippen LogP contribution in [-0.4, -0.2) is 0 Å². The van der Waals surface area contributed by atoms with Crippen LogP contribution >= 0.6 is 0 Å². The van der Waals surface area contributed by atoms with E-state index in [0.717, 1.165) is 11.8 Å². The van der Waals surface area contributed by atoms with Gasteiger partial charge in [-0.05, 0) is 30.1 Å². The van der Waals surface area contributed by atoms with Crippen molar-refractivity contribution in [1.82, 2.24) is 0 Å². The highest BCUT2D eigenvalue weighted by atomic mass is 14.4. The van der Waals surface area contributed by atoms with E-state index in [9.17, 15) is 0 Å². The molecule has 0 nitrogen and oxygen atoms in total. The minimum Gasteiger partial charge on any atom is -0.0625 e. The summed E-state index contributed by atoms with van der Waals surface area (Å²) >= 11 is 0. The highest BCUT2D eigenvalue weighted by Crippen LogP contribution is 2.44. The highest BCUT2D eigenvalue weighted by Gasteiger charge is 2.33. The smallest absolute Gasteiger partial charge is 0.0323 e. The van der Waals surface area contributed by atoms with Crippen LogP contribution in [0.3, 0.4) is 0 Å². The Hall–Kier alpha value is 0. The molecule has 0 bridgehead atoms. The van der Waals surface area contributed by atoms with Crippen LogP contribution in [0.15, 0.2) is 0 Å². The van der Waals surface area contributed by atoms with Gasteiger partial charge in [-0.15, -0.1) is 0 Å². The molecule has 0 N–H and O–H groups in total. The van der Waals surface area contributed by atoms with Gasteiger partial charge < -0.3 is 0 Å². The van der Waals surface area contributed by atoms with Gasteiger partial charge in [0.2, 0.25) is 0 Å². The van der Waals surface area contributed by atoms with E-state index in [1.807, 2.05) is 0 Å². The quantitative estimate of drug-likeness (QED) is 0.538.